The molecule has 0 aromatic heterocycles. The van der Waals surface area contributed by atoms with Crippen LogP contribution in [0.5, 0.6) is 5.75 Å². The van der Waals surface area contributed by atoms with E-state index in [9.17, 15) is 4.79 Å². The summed E-state index contributed by atoms with van der Waals surface area (Å²) in [6.45, 7) is 0. The van der Waals surface area contributed by atoms with E-state index in [1.54, 1.807) is 7.11 Å². The number of carbonyl (C=O) groups excluding carboxylic acids is 1. The van der Waals surface area contributed by atoms with Crippen LogP contribution < -0.4 is 10.5 Å². The molecule has 1 aliphatic rings. The Hall–Kier alpha value is -1.55. The maximum atomic E-state index is 11.1. The molecule has 4 nitrogen and oxygen atoms in total. The van der Waals surface area contributed by atoms with Crippen molar-refractivity contribution in [3.05, 3.63) is 29.8 Å². The molecule has 2 atom stereocenters. The Morgan fingerprint density at radius 1 is 1.40 bits per heavy atom. The minimum Gasteiger partial charge on any atom is -0.497 e. The average Bonchev–Trinajstić information content (AvgIpc) is 2.59. The van der Waals surface area contributed by atoms with Gasteiger partial charge in [-0.1, -0.05) is 12.1 Å². The number of hydrogen-bond acceptors (Lipinski definition) is 4. The minimum absolute atomic E-state index is 0.210. The van der Waals surface area contributed by atoms with E-state index in [-0.39, 0.29) is 12.1 Å². The average molecular weight is 207 g/mol. The van der Waals surface area contributed by atoms with Crippen LogP contribution in [0.2, 0.25) is 0 Å². The monoisotopic (exact) mass is 207 g/mol. The molecule has 15 heavy (non-hydrogen) atoms. The highest BCUT2D eigenvalue weighted by Crippen LogP contribution is 2.29. The highest BCUT2D eigenvalue weighted by atomic mass is 16.6. The topological polar surface area (TPSA) is 61.5 Å². The van der Waals surface area contributed by atoms with Crippen molar-refractivity contribution in [1.29, 1.82) is 0 Å². The molecule has 2 rings (SSSR count). The lowest BCUT2D eigenvalue weighted by molar-refractivity contribution is -0.142. The number of benzene rings is 1. The van der Waals surface area contributed by atoms with Gasteiger partial charge in [0.1, 0.15) is 17.9 Å². The van der Waals surface area contributed by atoms with Gasteiger partial charge in [0.25, 0.3) is 0 Å². The third kappa shape index (κ3) is 1.94. The van der Waals surface area contributed by atoms with Gasteiger partial charge in [-0.2, -0.15) is 0 Å². The molecule has 4 heteroatoms. The van der Waals surface area contributed by atoms with E-state index in [1.165, 1.54) is 0 Å². The van der Waals surface area contributed by atoms with Crippen molar-refractivity contribution in [2.75, 3.05) is 7.11 Å². The van der Waals surface area contributed by atoms with Gasteiger partial charge in [0.15, 0.2) is 0 Å². The van der Waals surface area contributed by atoms with E-state index in [2.05, 4.69) is 0 Å². The van der Waals surface area contributed by atoms with Crippen molar-refractivity contribution in [2.45, 2.75) is 18.6 Å². The van der Waals surface area contributed by atoms with Crippen LogP contribution in [-0.4, -0.2) is 19.1 Å². The van der Waals surface area contributed by atoms with Gasteiger partial charge in [-0.3, -0.25) is 4.79 Å². The Kier molecular flexibility index (Phi) is 2.60. The molecule has 0 spiro atoms. The molecule has 1 aliphatic heterocycles. The van der Waals surface area contributed by atoms with E-state index in [0.717, 1.165) is 11.3 Å². The summed E-state index contributed by atoms with van der Waals surface area (Å²) in [5.74, 6) is 0.461. The first-order valence-electron chi connectivity index (χ1n) is 4.80. The number of rotatable bonds is 2. The number of methoxy groups -OCH3 is 1. The molecule has 0 unspecified atom stereocenters. The molecule has 0 bridgehead atoms. The largest absolute Gasteiger partial charge is 0.497 e. The highest BCUT2D eigenvalue weighted by molar-refractivity contribution is 5.77. The van der Waals surface area contributed by atoms with Gasteiger partial charge >= 0.3 is 5.97 Å². The highest BCUT2D eigenvalue weighted by Gasteiger charge is 2.32. The van der Waals surface area contributed by atoms with Crippen LogP contribution in [0, 0.1) is 0 Å². The van der Waals surface area contributed by atoms with Gasteiger partial charge in [-0.05, 0) is 17.7 Å². The van der Waals surface area contributed by atoms with Gasteiger partial charge in [0.05, 0.1) is 7.11 Å². The predicted molar refractivity (Wildman–Crippen MR) is 54.4 cm³/mol. The quantitative estimate of drug-likeness (QED) is 0.735. The molecule has 0 saturated carbocycles. The van der Waals surface area contributed by atoms with E-state index in [0.29, 0.717) is 6.42 Å². The summed E-state index contributed by atoms with van der Waals surface area (Å²) in [5, 5.41) is 0. The van der Waals surface area contributed by atoms with Gasteiger partial charge in [0.2, 0.25) is 0 Å². The Labute approximate surface area is 88.0 Å². The predicted octanol–water partition coefficient (Wildman–Crippen LogP) is 1.01. The molecule has 1 heterocycles. The molecule has 1 aromatic carbocycles. The zero-order chi connectivity index (χ0) is 10.8. The second kappa shape index (κ2) is 3.90. The van der Waals surface area contributed by atoms with Crippen LogP contribution in [0.4, 0.5) is 0 Å². The molecule has 0 aliphatic carbocycles. The minimum atomic E-state index is -0.489. The fourth-order valence-corrected chi connectivity index (χ4v) is 1.63. The van der Waals surface area contributed by atoms with Crippen molar-refractivity contribution < 1.29 is 14.3 Å². The molecule has 1 aromatic rings. The third-order valence-corrected chi connectivity index (χ3v) is 2.52. The maximum Gasteiger partial charge on any atom is 0.323 e. The van der Waals surface area contributed by atoms with Crippen molar-refractivity contribution in [3.63, 3.8) is 0 Å². The first-order valence-corrected chi connectivity index (χ1v) is 4.80. The van der Waals surface area contributed by atoms with Crippen molar-refractivity contribution >= 4 is 5.97 Å². The summed E-state index contributed by atoms with van der Waals surface area (Å²) in [6.07, 6.45) is 0.337. The first-order chi connectivity index (χ1) is 7.20. The summed E-state index contributed by atoms with van der Waals surface area (Å²) in [4.78, 5) is 11.1. The molecule has 2 N–H and O–H groups in total. The lowest BCUT2D eigenvalue weighted by Gasteiger charge is -2.09. The summed E-state index contributed by atoms with van der Waals surface area (Å²) in [7, 11) is 1.61. The normalized spacial score (nSPS) is 25.1. The standard InChI is InChI=1S/C11H13NO3/c1-14-8-4-2-7(3-5-8)10-6-9(12)11(13)15-10/h2-5,9-10H,6,12H2,1H3/t9-,10-/m1/s1. The molecular formula is C11H13NO3. The Balaban J connectivity index is 2.13. The van der Waals surface area contributed by atoms with Gasteiger partial charge in [0, 0.05) is 6.42 Å². The number of cyclic esters (lactones) is 1. The summed E-state index contributed by atoms with van der Waals surface area (Å²) in [5.41, 5.74) is 6.52. The summed E-state index contributed by atoms with van der Waals surface area (Å²) < 4.78 is 10.2. The van der Waals surface area contributed by atoms with Crippen molar-refractivity contribution in [3.8, 4) is 5.75 Å². The Morgan fingerprint density at radius 2 is 2.07 bits per heavy atom. The smallest absolute Gasteiger partial charge is 0.323 e. The van der Waals surface area contributed by atoms with E-state index < -0.39 is 6.04 Å². The Morgan fingerprint density at radius 3 is 2.53 bits per heavy atom. The zero-order valence-corrected chi connectivity index (χ0v) is 8.47. The van der Waals surface area contributed by atoms with E-state index in [1.807, 2.05) is 24.3 Å². The number of hydrogen-bond donors (Lipinski definition) is 1. The van der Waals surface area contributed by atoms with Crippen LogP contribution in [0.15, 0.2) is 24.3 Å². The number of ether oxygens (including phenoxy) is 2. The third-order valence-electron chi connectivity index (χ3n) is 2.52. The van der Waals surface area contributed by atoms with Crippen LogP contribution in [0.1, 0.15) is 18.1 Å². The van der Waals surface area contributed by atoms with E-state index in [4.69, 9.17) is 15.2 Å². The van der Waals surface area contributed by atoms with Crippen LogP contribution in [-0.2, 0) is 9.53 Å². The first kappa shape index (κ1) is 9.98. The van der Waals surface area contributed by atoms with Crippen LogP contribution in [0.3, 0.4) is 0 Å². The Bertz CT molecular complexity index is 361. The molecule has 0 amide bonds. The lowest BCUT2D eigenvalue weighted by atomic mass is 10.1. The fraction of sp³-hybridized carbons (Fsp3) is 0.364. The van der Waals surface area contributed by atoms with Gasteiger partial charge < -0.3 is 15.2 Å². The van der Waals surface area contributed by atoms with Crippen molar-refractivity contribution in [2.24, 2.45) is 5.73 Å². The maximum absolute atomic E-state index is 11.1. The number of nitrogens with two attached hydrogens (primary N) is 1. The fourth-order valence-electron chi connectivity index (χ4n) is 1.63. The second-order valence-corrected chi connectivity index (χ2v) is 3.54. The molecule has 0 radical (unpaired) electrons. The summed E-state index contributed by atoms with van der Waals surface area (Å²) in [6, 6.07) is 6.96. The van der Waals surface area contributed by atoms with Crippen LogP contribution in [0.25, 0.3) is 0 Å². The zero-order valence-electron chi connectivity index (χ0n) is 8.47. The van der Waals surface area contributed by atoms with Gasteiger partial charge in [-0.25, -0.2) is 0 Å². The SMILES string of the molecule is COc1ccc([C@H]2C[C@@H](N)C(=O)O2)cc1. The lowest BCUT2D eigenvalue weighted by Crippen LogP contribution is -2.24. The van der Waals surface area contributed by atoms with Gasteiger partial charge in [-0.15, -0.1) is 0 Å². The van der Waals surface area contributed by atoms with Crippen LogP contribution >= 0.6 is 0 Å². The number of esters is 1. The molecule has 80 valence electrons. The number of carbonyl (C=O) groups is 1. The molecular weight excluding hydrogens is 194 g/mol. The second-order valence-electron chi connectivity index (χ2n) is 3.54. The molecule has 1 fully saturated rings. The molecule has 1 saturated heterocycles. The van der Waals surface area contributed by atoms with E-state index >= 15 is 0 Å². The summed E-state index contributed by atoms with van der Waals surface area (Å²) >= 11 is 0. The van der Waals surface area contributed by atoms with Crippen molar-refractivity contribution in [1.82, 2.24) is 0 Å².